The van der Waals surface area contributed by atoms with Crippen LogP contribution in [0, 0.1) is 5.92 Å². The van der Waals surface area contributed by atoms with Crippen molar-refractivity contribution in [3.05, 3.63) is 0 Å². The Morgan fingerprint density at radius 3 is 2.11 bits per heavy atom. The fraction of sp³-hybridized carbons (Fsp3) is 0.750. The summed E-state index contributed by atoms with van der Waals surface area (Å²) in [5.41, 5.74) is -0.661. The number of amides is 2. The van der Waals surface area contributed by atoms with Gasteiger partial charge in [-0.05, 0) is 26.7 Å². The van der Waals surface area contributed by atoms with Crippen LogP contribution in [0.25, 0.3) is 0 Å². The van der Waals surface area contributed by atoms with Crippen molar-refractivity contribution in [2.75, 3.05) is 6.54 Å². The first-order valence-electron chi connectivity index (χ1n) is 6.00. The summed E-state index contributed by atoms with van der Waals surface area (Å²) in [6, 6.07) is -1.09. The molecule has 0 aromatic heterocycles. The average Bonchev–Trinajstić information content (AvgIpc) is 2.19. The van der Waals surface area contributed by atoms with E-state index in [4.69, 9.17) is 4.74 Å². The Kier molecular flexibility index (Phi) is 6.31. The summed E-state index contributed by atoms with van der Waals surface area (Å²) in [5.74, 6) is -2.29. The third kappa shape index (κ3) is 8.01. The second-order valence-electron chi connectivity index (χ2n) is 5.46. The molecule has 19 heavy (non-hydrogen) atoms. The zero-order chi connectivity index (χ0) is 15.2. The lowest BCUT2D eigenvalue weighted by Gasteiger charge is -2.23. The number of carbonyl (C=O) groups is 3. The van der Waals surface area contributed by atoms with Crippen LogP contribution in [-0.2, 0) is 14.3 Å². The van der Waals surface area contributed by atoms with Crippen molar-refractivity contribution >= 4 is 18.0 Å². The van der Waals surface area contributed by atoms with Crippen LogP contribution in [0.5, 0.6) is 0 Å². The van der Waals surface area contributed by atoms with Gasteiger partial charge in [-0.25, -0.2) is 4.79 Å². The third-order valence-corrected chi connectivity index (χ3v) is 2.03. The molecule has 0 saturated carbocycles. The van der Waals surface area contributed by atoms with Gasteiger partial charge >= 0.3 is 6.09 Å². The molecule has 7 nitrogen and oxygen atoms in total. The monoisotopic (exact) mass is 273 g/mol. The van der Waals surface area contributed by atoms with E-state index in [0.717, 1.165) is 0 Å². The lowest BCUT2D eigenvalue weighted by Crippen LogP contribution is -2.53. The Morgan fingerprint density at radius 1 is 1.21 bits per heavy atom. The largest absolute Gasteiger partial charge is 0.548 e. The van der Waals surface area contributed by atoms with Crippen LogP contribution in [0.1, 0.15) is 34.6 Å². The van der Waals surface area contributed by atoms with Crippen molar-refractivity contribution in [2.24, 2.45) is 5.92 Å². The molecule has 0 aromatic carbocycles. The summed E-state index contributed by atoms with van der Waals surface area (Å²) in [5, 5.41) is 15.3. The molecule has 0 saturated heterocycles. The Morgan fingerprint density at radius 2 is 1.74 bits per heavy atom. The molecule has 0 aromatic rings. The molecule has 0 bridgehead atoms. The van der Waals surface area contributed by atoms with Crippen molar-refractivity contribution < 1.29 is 24.2 Å². The molecule has 0 unspecified atom stereocenters. The minimum absolute atomic E-state index is 0.310. The normalized spacial score (nSPS) is 12.7. The van der Waals surface area contributed by atoms with Crippen molar-refractivity contribution in [3.63, 3.8) is 0 Å². The SMILES string of the molecule is CC(C)[C@H](NC(=O)CNC(=O)OC(C)(C)C)C(=O)[O-]. The van der Waals surface area contributed by atoms with E-state index in [9.17, 15) is 19.5 Å². The summed E-state index contributed by atoms with van der Waals surface area (Å²) >= 11 is 0. The van der Waals surface area contributed by atoms with E-state index in [1.165, 1.54) is 0 Å². The summed E-state index contributed by atoms with van der Waals surface area (Å²) in [4.78, 5) is 33.5. The lowest BCUT2D eigenvalue weighted by atomic mass is 10.1. The summed E-state index contributed by atoms with van der Waals surface area (Å²) in [7, 11) is 0. The highest BCUT2D eigenvalue weighted by molar-refractivity contribution is 5.86. The van der Waals surface area contributed by atoms with Gasteiger partial charge in [-0.2, -0.15) is 0 Å². The number of nitrogens with one attached hydrogen (secondary N) is 2. The first-order valence-corrected chi connectivity index (χ1v) is 6.00. The molecule has 110 valence electrons. The second kappa shape index (κ2) is 6.96. The summed E-state index contributed by atoms with van der Waals surface area (Å²) in [6.45, 7) is 8.00. The number of hydrogen-bond acceptors (Lipinski definition) is 5. The molecular formula is C12H21N2O5-. The molecule has 0 fully saturated rings. The van der Waals surface area contributed by atoms with Crippen molar-refractivity contribution in [3.8, 4) is 0 Å². The number of rotatable bonds is 5. The predicted molar refractivity (Wildman–Crippen MR) is 66.0 cm³/mol. The number of aliphatic carboxylic acids is 1. The summed E-state index contributed by atoms with van der Waals surface area (Å²) < 4.78 is 4.93. The molecule has 0 heterocycles. The topological polar surface area (TPSA) is 108 Å². The lowest BCUT2D eigenvalue weighted by molar-refractivity contribution is -0.309. The fourth-order valence-corrected chi connectivity index (χ4v) is 1.19. The third-order valence-electron chi connectivity index (χ3n) is 2.03. The van der Waals surface area contributed by atoms with Crippen molar-refractivity contribution in [1.82, 2.24) is 10.6 Å². The van der Waals surface area contributed by atoms with E-state index < -0.39 is 29.6 Å². The van der Waals surface area contributed by atoms with E-state index in [1.807, 2.05) is 0 Å². The van der Waals surface area contributed by atoms with Crippen LogP contribution in [0.2, 0.25) is 0 Å². The fourth-order valence-electron chi connectivity index (χ4n) is 1.19. The van der Waals surface area contributed by atoms with Gasteiger partial charge in [0.05, 0.1) is 12.0 Å². The predicted octanol–water partition coefficient (Wildman–Crippen LogP) is -0.598. The van der Waals surface area contributed by atoms with Crippen LogP contribution in [-0.4, -0.2) is 36.2 Å². The number of carbonyl (C=O) groups excluding carboxylic acids is 3. The average molecular weight is 273 g/mol. The Hall–Kier alpha value is -1.79. The van der Waals surface area contributed by atoms with E-state index in [-0.39, 0.29) is 12.5 Å². The zero-order valence-corrected chi connectivity index (χ0v) is 11.9. The zero-order valence-electron chi connectivity index (χ0n) is 11.9. The smallest absolute Gasteiger partial charge is 0.408 e. The molecule has 0 aliphatic rings. The first-order chi connectivity index (χ1) is 8.53. The molecule has 2 N–H and O–H groups in total. The standard InChI is InChI=1S/C12H22N2O5/c1-7(2)9(10(16)17)14-8(15)6-13-11(18)19-12(3,4)5/h7,9H,6H2,1-5H3,(H,13,18)(H,14,15)(H,16,17)/p-1/t9-/m0/s1. The van der Waals surface area contributed by atoms with Gasteiger partial charge < -0.3 is 25.3 Å². The molecule has 0 radical (unpaired) electrons. The van der Waals surface area contributed by atoms with E-state index >= 15 is 0 Å². The van der Waals surface area contributed by atoms with E-state index in [2.05, 4.69) is 10.6 Å². The molecule has 0 rings (SSSR count). The van der Waals surface area contributed by atoms with Crippen LogP contribution in [0.15, 0.2) is 0 Å². The first kappa shape index (κ1) is 17.2. The van der Waals surface area contributed by atoms with Crippen LogP contribution >= 0.6 is 0 Å². The maximum absolute atomic E-state index is 11.5. The van der Waals surface area contributed by atoms with Crippen molar-refractivity contribution in [1.29, 1.82) is 0 Å². The number of ether oxygens (including phenoxy) is 1. The van der Waals surface area contributed by atoms with Gasteiger partial charge in [0.15, 0.2) is 0 Å². The molecular weight excluding hydrogens is 252 g/mol. The van der Waals surface area contributed by atoms with Crippen LogP contribution in [0.4, 0.5) is 4.79 Å². The number of carboxylic acid groups (broad SMARTS) is 1. The molecule has 0 aliphatic heterocycles. The van der Waals surface area contributed by atoms with Gasteiger partial charge in [0.25, 0.3) is 0 Å². The van der Waals surface area contributed by atoms with Gasteiger partial charge in [-0.15, -0.1) is 0 Å². The quantitative estimate of drug-likeness (QED) is 0.695. The molecule has 1 atom stereocenters. The highest BCUT2D eigenvalue weighted by Gasteiger charge is 2.19. The van der Waals surface area contributed by atoms with Crippen molar-refractivity contribution in [2.45, 2.75) is 46.3 Å². The van der Waals surface area contributed by atoms with E-state index in [0.29, 0.717) is 0 Å². The second-order valence-corrected chi connectivity index (χ2v) is 5.46. The maximum Gasteiger partial charge on any atom is 0.408 e. The highest BCUT2D eigenvalue weighted by Crippen LogP contribution is 2.06. The van der Waals surface area contributed by atoms with Gasteiger partial charge in [-0.1, -0.05) is 13.8 Å². The van der Waals surface area contributed by atoms with Crippen LogP contribution in [0.3, 0.4) is 0 Å². The maximum atomic E-state index is 11.5. The molecule has 7 heteroatoms. The Bertz CT molecular complexity index is 347. The van der Waals surface area contributed by atoms with Gasteiger partial charge in [-0.3, -0.25) is 4.79 Å². The molecule has 2 amide bonds. The highest BCUT2D eigenvalue weighted by atomic mass is 16.6. The van der Waals surface area contributed by atoms with E-state index in [1.54, 1.807) is 34.6 Å². The number of hydrogen-bond donors (Lipinski definition) is 2. The molecule has 0 aliphatic carbocycles. The van der Waals surface area contributed by atoms with Crippen LogP contribution < -0.4 is 15.7 Å². The van der Waals surface area contributed by atoms with Gasteiger partial charge in [0, 0.05) is 0 Å². The number of alkyl carbamates (subject to hydrolysis) is 1. The Labute approximate surface area is 112 Å². The molecule has 0 spiro atoms. The summed E-state index contributed by atoms with van der Waals surface area (Å²) in [6.07, 6.45) is -0.739. The minimum atomic E-state index is -1.36. The minimum Gasteiger partial charge on any atom is -0.548 e. The number of carboxylic acids is 1. The van der Waals surface area contributed by atoms with Gasteiger partial charge in [0.2, 0.25) is 5.91 Å². The van der Waals surface area contributed by atoms with Gasteiger partial charge in [0.1, 0.15) is 12.1 Å². The Balaban J connectivity index is 4.19.